The first-order valence-corrected chi connectivity index (χ1v) is 22.2. The van der Waals surface area contributed by atoms with E-state index < -0.39 is 52.8 Å². The van der Waals surface area contributed by atoms with Crippen LogP contribution in [0.15, 0.2) is 132 Å². The Kier molecular flexibility index (Phi) is 13.8. The lowest BCUT2D eigenvalue weighted by Gasteiger charge is -2.49. The van der Waals surface area contributed by atoms with Crippen molar-refractivity contribution in [3.63, 3.8) is 0 Å². The number of carbonyl (C=O) groups excluding carboxylic acids is 6. The van der Waals surface area contributed by atoms with E-state index in [-0.39, 0.29) is 42.1 Å². The van der Waals surface area contributed by atoms with Gasteiger partial charge in [-0.15, -0.1) is 11.8 Å². The molecule has 0 spiro atoms. The maximum absolute atomic E-state index is 14.5. The molecule has 2 saturated heterocycles. The van der Waals surface area contributed by atoms with E-state index in [2.05, 4.69) is 10.6 Å². The summed E-state index contributed by atoms with van der Waals surface area (Å²) in [6.45, 7) is 11.0. The van der Waals surface area contributed by atoms with Crippen LogP contribution in [0.1, 0.15) is 70.8 Å². The van der Waals surface area contributed by atoms with Crippen molar-refractivity contribution in [1.29, 1.82) is 0 Å². The Morgan fingerprint density at radius 3 is 2.20 bits per heavy atom. The van der Waals surface area contributed by atoms with Crippen LogP contribution in [0.3, 0.4) is 0 Å². The quantitative estimate of drug-likeness (QED) is 0.0375. The molecule has 4 aromatic rings. The molecule has 0 bridgehead atoms. The van der Waals surface area contributed by atoms with Crippen LogP contribution in [-0.4, -0.2) is 80.7 Å². The topological polar surface area (TPSA) is 174 Å². The van der Waals surface area contributed by atoms with Crippen molar-refractivity contribution in [3.8, 4) is 5.75 Å². The summed E-state index contributed by atoms with van der Waals surface area (Å²) in [4.78, 5) is 83.4. The van der Waals surface area contributed by atoms with E-state index >= 15 is 0 Å². The summed E-state index contributed by atoms with van der Waals surface area (Å²) in [5, 5.41) is 4.87. The number of alkyl carbamates (subject to hydrolysis) is 1. The normalized spacial score (nSPS) is 17.9. The van der Waals surface area contributed by atoms with Gasteiger partial charge >= 0.3 is 18.2 Å². The predicted molar refractivity (Wildman–Crippen MR) is 241 cm³/mol. The lowest BCUT2D eigenvalue weighted by molar-refractivity contribution is -0.684. The lowest BCUT2D eigenvalue weighted by atomic mass is 10.00. The van der Waals surface area contributed by atoms with Gasteiger partial charge in [-0.1, -0.05) is 66.7 Å². The highest BCUT2D eigenvalue weighted by molar-refractivity contribution is 8.00. The van der Waals surface area contributed by atoms with Crippen molar-refractivity contribution in [2.45, 2.75) is 89.8 Å². The summed E-state index contributed by atoms with van der Waals surface area (Å²) in [5.74, 6) is -1.34. The largest absolute Gasteiger partial charge is 0.514 e. The van der Waals surface area contributed by atoms with Crippen LogP contribution in [0.2, 0.25) is 0 Å². The molecule has 65 heavy (non-hydrogen) atoms. The maximum Gasteiger partial charge on any atom is 0.514 e. The van der Waals surface area contributed by atoms with Crippen molar-refractivity contribution in [3.05, 3.63) is 149 Å². The number of carbonyl (C=O) groups is 6. The number of β-lactam (4-membered cyclic amide) rings is 1. The summed E-state index contributed by atoms with van der Waals surface area (Å²) in [5.41, 5.74) is 2.09. The van der Waals surface area contributed by atoms with Crippen LogP contribution in [0.25, 0.3) is 0 Å². The van der Waals surface area contributed by atoms with Crippen LogP contribution in [0.4, 0.5) is 15.3 Å². The molecule has 2 N–H and O–H groups in total. The third-order valence-electron chi connectivity index (χ3n) is 10.2. The number of benzene rings is 3. The van der Waals surface area contributed by atoms with Gasteiger partial charge in [0.05, 0.1) is 6.54 Å². The Bertz CT molecular complexity index is 2490. The number of likely N-dealkylation sites (tertiary alicyclic amines) is 1. The number of nitrogens with one attached hydrogen (secondary N) is 2. The molecule has 4 heterocycles. The zero-order valence-corrected chi connectivity index (χ0v) is 37.9. The van der Waals surface area contributed by atoms with E-state index in [4.69, 9.17) is 18.9 Å². The van der Waals surface area contributed by atoms with Gasteiger partial charge in [-0.25, -0.2) is 14.4 Å². The van der Waals surface area contributed by atoms with Crippen molar-refractivity contribution in [2.75, 3.05) is 17.6 Å². The van der Waals surface area contributed by atoms with E-state index in [1.54, 1.807) is 93.7 Å². The Morgan fingerprint density at radius 2 is 1.54 bits per heavy atom. The first-order chi connectivity index (χ1) is 30.9. The molecule has 3 aromatic carbocycles. The van der Waals surface area contributed by atoms with Crippen LogP contribution in [0, 0.1) is 0 Å². The minimum atomic E-state index is -0.939. The number of esters is 1. The minimum absolute atomic E-state index is 0.0151. The molecule has 0 radical (unpaired) electrons. The predicted octanol–water partition coefficient (Wildman–Crippen LogP) is 6.98. The minimum Gasteiger partial charge on any atom is -0.448 e. The lowest BCUT2D eigenvalue weighted by Crippen LogP contribution is -2.70. The van der Waals surface area contributed by atoms with Crippen molar-refractivity contribution in [2.24, 2.45) is 0 Å². The van der Waals surface area contributed by atoms with Crippen LogP contribution in [0.5, 0.6) is 5.75 Å². The van der Waals surface area contributed by atoms with Gasteiger partial charge in [0.25, 0.3) is 11.8 Å². The number of fused-ring (bicyclic) bond motifs is 1. The van der Waals surface area contributed by atoms with Gasteiger partial charge in [-0.05, 0) is 88.9 Å². The number of hydrogen-bond donors (Lipinski definition) is 2. The Morgan fingerprint density at radius 1 is 0.862 bits per heavy atom. The first kappa shape index (κ1) is 46.1. The van der Waals surface area contributed by atoms with E-state index in [1.165, 1.54) is 22.7 Å². The zero-order chi connectivity index (χ0) is 46.5. The van der Waals surface area contributed by atoms with Gasteiger partial charge in [-0.3, -0.25) is 19.3 Å². The molecular weight excluding hydrogens is 851 g/mol. The number of pyridine rings is 1. The number of nitrogens with zero attached hydrogens (tertiary/aromatic N) is 3. The van der Waals surface area contributed by atoms with Crippen molar-refractivity contribution >= 4 is 53.4 Å². The van der Waals surface area contributed by atoms with Crippen LogP contribution >= 0.6 is 11.8 Å². The van der Waals surface area contributed by atoms with Gasteiger partial charge in [-0.2, -0.15) is 4.57 Å². The second-order valence-electron chi connectivity index (χ2n) is 17.7. The second kappa shape index (κ2) is 19.4. The summed E-state index contributed by atoms with van der Waals surface area (Å²) in [6.07, 6.45) is 3.21. The smallest absolute Gasteiger partial charge is 0.448 e. The third-order valence-corrected chi connectivity index (χ3v) is 11.5. The van der Waals surface area contributed by atoms with Gasteiger partial charge in [0.2, 0.25) is 12.5 Å². The molecule has 15 nitrogen and oxygen atoms in total. The highest BCUT2D eigenvalue weighted by Gasteiger charge is 2.55. The second-order valence-corrected chi connectivity index (χ2v) is 18.8. The molecule has 338 valence electrons. The highest BCUT2D eigenvalue weighted by atomic mass is 32.2. The zero-order valence-electron chi connectivity index (χ0n) is 37.1. The Labute approximate surface area is 381 Å². The number of hydrogen-bond acceptors (Lipinski definition) is 11. The van der Waals surface area contributed by atoms with Gasteiger partial charge in [0, 0.05) is 41.3 Å². The SMILES string of the molecule is CC(C)(C)OC(=O)NC1C(=O)N2C(C(=O)OC(c3ccccc3)c3ccccc3)=C(C=C3CCN(Cc4ccc[n+](CC(=O)Nc5cccc(OC(=O)OC(C)(C)C)c5)c4)C3=O)CSC12. The molecule has 0 saturated carbocycles. The molecule has 7 rings (SSSR count). The number of anilines is 1. The van der Waals surface area contributed by atoms with E-state index in [0.717, 1.165) is 16.7 Å². The molecular formula is C49H52N5O10S+. The monoisotopic (exact) mass is 902 g/mol. The number of amides is 4. The standard InChI is InChI=1S/C49H51N5O10S/c1-48(2,3)63-46(59)51-39-43(57)54-40(45(58)62-41(32-16-9-7-10-17-32)33-18-11-8-12-19-33)35(30-65-44(39)54)25-34-22-24-53(42(34)56)28-31-15-14-23-52(27-31)29-38(55)50-36-20-13-21-37(26-36)61-47(60)64-49(4,5)6/h7-21,23,25-27,39,41,44H,22,24,28-30H2,1-6H3,(H-,50,51,55,59)/p+1. The molecule has 3 aliphatic heterocycles. The van der Waals surface area contributed by atoms with E-state index in [1.807, 2.05) is 66.7 Å². The van der Waals surface area contributed by atoms with Crippen LogP contribution < -0.4 is 19.9 Å². The number of ether oxygens (including phenoxy) is 4. The molecule has 4 amide bonds. The van der Waals surface area contributed by atoms with Crippen molar-refractivity contribution in [1.82, 2.24) is 15.1 Å². The number of rotatable bonds is 12. The molecule has 3 aliphatic rings. The first-order valence-electron chi connectivity index (χ1n) is 21.2. The average molecular weight is 903 g/mol. The summed E-state index contributed by atoms with van der Waals surface area (Å²) in [7, 11) is 0. The fourth-order valence-corrected chi connectivity index (χ4v) is 8.75. The number of allylic oxidation sites excluding steroid dienone is 1. The molecule has 1 aromatic heterocycles. The summed E-state index contributed by atoms with van der Waals surface area (Å²) in [6, 6.07) is 27.7. The van der Waals surface area contributed by atoms with Crippen molar-refractivity contribution < 1.29 is 52.3 Å². The van der Waals surface area contributed by atoms with E-state index in [0.29, 0.717) is 29.8 Å². The molecule has 0 aliphatic carbocycles. The summed E-state index contributed by atoms with van der Waals surface area (Å²) >= 11 is 1.36. The van der Waals surface area contributed by atoms with Gasteiger partial charge in [0.15, 0.2) is 18.5 Å². The molecule has 16 heteroatoms. The Balaban J connectivity index is 1.07. The molecule has 2 atom stereocenters. The third kappa shape index (κ3) is 11.8. The molecule has 2 unspecified atom stereocenters. The Hall–Kier alpha value is -6.94. The number of aromatic nitrogens is 1. The fourth-order valence-electron chi connectivity index (χ4n) is 7.45. The number of thioether (sulfide) groups is 1. The fraction of sp³-hybridized carbons (Fsp3) is 0.327. The van der Waals surface area contributed by atoms with Gasteiger partial charge < -0.3 is 34.5 Å². The highest BCUT2D eigenvalue weighted by Crippen LogP contribution is 2.43. The molecule has 2 fully saturated rings. The maximum atomic E-state index is 14.5. The van der Waals surface area contributed by atoms with E-state index in [9.17, 15) is 28.8 Å². The van der Waals surface area contributed by atoms with Crippen LogP contribution in [-0.2, 0) is 46.5 Å². The average Bonchev–Trinajstić information content (AvgIpc) is 3.58. The summed E-state index contributed by atoms with van der Waals surface area (Å²) < 4.78 is 23.9. The van der Waals surface area contributed by atoms with Gasteiger partial charge in [0.1, 0.15) is 34.1 Å².